The topological polar surface area (TPSA) is 9.23 Å². The van der Waals surface area contributed by atoms with E-state index in [0.29, 0.717) is 0 Å². The first-order valence-electron chi connectivity index (χ1n) is 7.16. The maximum atomic E-state index is 7.07. The molecule has 0 atom stereocenters. The molecule has 0 saturated heterocycles. The summed E-state index contributed by atoms with van der Waals surface area (Å²) in [6, 6.07) is 0. The standard InChI is InChI=1S/C12H27OSi.3CH3.Zr/c1-10(2,3)14(13,11(4,5)6)12(7,8)9;;;;/h1-9H3;3*1H3;/q-1;;;;+1. The number of hydrogen-bond acceptors (Lipinski definition) is 1. The van der Waals surface area contributed by atoms with Gasteiger partial charge in [-0.2, -0.15) is 0 Å². The molecule has 0 spiro atoms. The van der Waals surface area contributed by atoms with E-state index >= 15 is 0 Å². The third-order valence-corrected chi connectivity index (χ3v) is 17.7. The first-order valence-corrected chi connectivity index (χ1v) is 17.4. The van der Waals surface area contributed by atoms with Gasteiger partial charge in [-0.15, -0.1) is 0 Å². The second kappa shape index (κ2) is 5.11. The average molecular weight is 352 g/mol. The van der Waals surface area contributed by atoms with E-state index in [1.807, 2.05) is 0 Å². The zero-order chi connectivity index (χ0) is 15.2. The molecule has 0 unspecified atom stereocenters. The van der Waals surface area contributed by atoms with E-state index in [1.165, 1.54) is 0 Å². The predicted octanol–water partition coefficient (Wildman–Crippen LogP) is 6.56. The molecule has 110 valence electrons. The molecule has 3 heteroatoms. The Morgan fingerprint density at radius 3 is 0.889 bits per heavy atom. The molecule has 0 aliphatic rings. The summed E-state index contributed by atoms with van der Waals surface area (Å²) in [5.74, 6) is 0. The molecule has 0 bridgehead atoms. The van der Waals surface area contributed by atoms with Gasteiger partial charge in [0.1, 0.15) is 0 Å². The van der Waals surface area contributed by atoms with Gasteiger partial charge in [0.25, 0.3) is 0 Å². The fraction of sp³-hybridized carbons (Fsp3) is 1.00. The first kappa shape index (κ1) is 19.1. The molecule has 1 nitrogen and oxygen atoms in total. The van der Waals surface area contributed by atoms with Crippen molar-refractivity contribution in [2.24, 2.45) is 0 Å². The average Bonchev–Trinajstić information content (AvgIpc) is 1.90. The Hall–Kier alpha value is 1.06. The van der Waals surface area contributed by atoms with Crippen molar-refractivity contribution in [3.63, 3.8) is 0 Å². The minimum absolute atomic E-state index is 0.258. The molecular formula is C15H36OSiZr. The summed E-state index contributed by atoms with van der Waals surface area (Å²) in [6.45, 7) is 21.6. The van der Waals surface area contributed by atoms with Crippen LogP contribution in [0, 0.1) is 0 Å². The SMILES string of the molecule is CC(C)(C)[Si]([O][Zr]([CH3])([CH3])[CH3])(C(C)(C)C)C(C)(C)C. The zero-order valence-corrected chi connectivity index (χ0v) is 18.4. The zero-order valence-electron chi connectivity index (χ0n) is 14.9. The van der Waals surface area contributed by atoms with Crippen LogP contribution in [0.15, 0.2) is 0 Å². The van der Waals surface area contributed by atoms with Gasteiger partial charge < -0.3 is 0 Å². The molecule has 0 amide bonds. The molecule has 18 heavy (non-hydrogen) atoms. The second-order valence-corrected chi connectivity index (χ2v) is 27.6. The molecule has 0 N–H and O–H groups in total. The Bertz CT molecular complexity index is 248. The summed E-state index contributed by atoms with van der Waals surface area (Å²) in [5, 5.41) is 0.773. The van der Waals surface area contributed by atoms with Gasteiger partial charge in [-0.3, -0.25) is 0 Å². The summed E-state index contributed by atoms with van der Waals surface area (Å²) in [4.78, 5) is 0. The van der Waals surface area contributed by atoms with Crippen LogP contribution in [0.25, 0.3) is 0 Å². The van der Waals surface area contributed by atoms with Gasteiger partial charge in [-0.05, 0) is 0 Å². The Labute approximate surface area is 122 Å². The van der Waals surface area contributed by atoms with Gasteiger partial charge in [-0.25, -0.2) is 0 Å². The third kappa shape index (κ3) is 3.79. The van der Waals surface area contributed by atoms with Crippen LogP contribution in [-0.4, -0.2) is 8.32 Å². The third-order valence-electron chi connectivity index (χ3n) is 3.63. The molecule has 0 aromatic carbocycles. The van der Waals surface area contributed by atoms with E-state index < -0.39 is 29.0 Å². The molecule has 0 aromatic heterocycles. The fourth-order valence-corrected chi connectivity index (χ4v) is 26.4. The summed E-state index contributed by atoms with van der Waals surface area (Å²) >= 11 is -2.32. The normalized spacial score (nSPS) is 16.0. The van der Waals surface area contributed by atoms with Gasteiger partial charge in [0.15, 0.2) is 0 Å². The van der Waals surface area contributed by atoms with Crippen LogP contribution in [0.2, 0.25) is 29.0 Å². The molecule has 0 saturated carbocycles. The van der Waals surface area contributed by atoms with Crippen molar-refractivity contribution in [2.45, 2.75) is 91.3 Å². The van der Waals surface area contributed by atoms with Gasteiger partial charge in [0, 0.05) is 0 Å². The molecule has 0 heterocycles. The summed E-state index contributed by atoms with van der Waals surface area (Å²) in [5.41, 5.74) is 0. The van der Waals surface area contributed by atoms with Crippen molar-refractivity contribution < 1.29 is 23.2 Å². The Kier molecular flexibility index (Phi) is 5.42. The van der Waals surface area contributed by atoms with Crippen LogP contribution >= 0.6 is 0 Å². The van der Waals surface area contributed by atoms with Crippen LogP contribution < -0.4 is 0 Å². The molecular weight excluding hydrogens is 315 g/mol. The van der Waals surface area contributed by atoms with E-state index in [9.17, 15) is 0 Å². The molecule has 0 radical (unpaired) electrons. The van der Waals surface area contributed by atoms with E-state index in [1.54, 1.807) is 0 Å². The molecule has 0 aromatic rings. The quantitative estimate of drug-likeness (QED) is 0.512. The molecule has 0 aliphatic carbocycles. The fourth-order valence-electron chi connectivity index (χ4n) is 4.29. The maximum absolute atomic E-state index is 7.07. The van der Waals surface area contributed by atoms with Gasteiger partial charge in [0.2, 0.25) is 0 Å². The van der Waals surface area contributed by atoms with Gasteiger partial charge in [0.05, 0.1) is 0 Å². The summed E-state index contributed by atoms with van der Waals surface area (Å²) in [7, 11) is -1.94. The molecule has 0 aliphatic heterocycles. The van der Waals surface area contributed by atoms with Crippen LogP contribution in [0.5, 0.6) is 0 Å². The van der Waals surface area contributed by atoms with Gasteiger partial charge in [-0.1, -0.05) is 0 Å². The van der Waals surface area contributed by atoms with Crippen molar-refractivity contribution in [2.75, 3.05) is 0 Å². The van der Waals surface area contributed by atoms with Crippen LogP contribution in [0.1, 0.15) is 62.3 Å². The van der Waals surface area contributed by atoms with Crippen molar-refractivity contribution in [1.82, 2.24) is 0 Å². The van der Waals surface area contributed by atoms with Crippen LogP contribution in [-0.2, 0) is 23.2 Å². The van der Waals surface area contributed by atoms with E-state index in [4.69, 9.17) is 2.50 Å². The second-order valence-electron chi connectivity index (χ2n) is 9.65. The predicted molar refractivity (Wildman–Crippen MR) is 83.6 cm³/mol. The number of rotatable bonds is 2. The Balaban J connectivity index is 6.10. The molecule has 0 fully saturated rings. The molecule has 0 rings (SSSR count). The number of hydrogen-bond donors (Lipinski definition) is 0. The van der Waals surface area contributed by atoms with E-state index in [0.717, 1.165) is 0 Å². The minimum atomic E-state index is -2.32. The van der Waals surface area contributed by atoms with Crippen LogP contribution in [0.3, 0.4) is 0 Å². The van der Waals surface area contributed by atoms with E-state index in [-0.39, 0.29) is 15.1 Å². The van der Waals surface area contributed by atoms with Crippen molar-refractivity contribution in [1.29, 1.82) is 0 Å². The van der Waals surface area contributed by atoms with Crippen LogP contribution in [0.4, 0.5) is 0 Å². The monoisotopic (exact) mass is 350 g/mol. The summed E-state index contributed by atoms with van der Waals surface area (Å²) < 4.78 is 14.3. The van der Waals surface area contributed by atoms with Crippen molar-refractivity contribution in [3.05, 3.63) is 0 Å². The van der Waals surface area contributed by atoms with Crippen molar-refractivity contribution >= 4 is 8.32 Å². The van der Waals surface area contributed by atoms with E-state index in [2.05, 4.69) is 76.2 Å². The Morgan fingerprint density at radius 1 is 0.611 bits per heavy atom. The first-order chi connectivity index (χ1) is 7.46. The van der Waals surface area contributed by atoms with Gasteiger partial charge >= 0.3 is 123 Å². The Morgan fingerprint density at radius 2 is 0.833 bits per heavy atom. The summed E-state index contributed by atoms with van der Waals surface area (Å²) in [6.07, 6.45) is 0. The van der Waals surface area contributed by atoms with Crippen molar-refractivity contribution in [3.8, 4) is 0 Å².